The summed E-state index contributed by atoms with van der Waals surface area (Å²) in [6.45, 7) is -0.399. The summed E-state index contributed by atoms with van der Waals surface area (Å²) in [5, 5.41) is 57.6. The van der Waals surface area contributed by atoms with E-state index in [1.165, 1.54) is 13.1 Å². The number of nitrogens with one attached hydrogen (secondary N) is 1. The molecule has 2 rings (SSSR count). The maximum atomic E-state index is 11.6. The van der Waals surface area contributed by atoms with E-state index in [2.05, 4.69) is 9.98 Å². The molecule has 0 aliphatic rings. The summed E-state index contributed by atoms with van der Waals surface area (Å²) >= 11 is 0. The Bertz CT molecular complexity index is 856. The number of aromatic amines is 1. The van der Waals surface area contributed by atoms with Crippen LogP contribution < -0.4 is 0 Å². The molecule has 27 heavy (non-hydrogen) atoms. The van der Waals surface area contributed by atoms with E-state index in [1.54, 1.807) is 12.1 Å². The van der Waals surface area contributed by atoms with Crippen molar-refractivity contribution in [1.82, 2.24) is 4.98 Å². The van der Waals surface area contributed by atoms with Crippen LogP contribution in [0.25, 0.3) is 11.1 Å². The van der Waals surface area contributed by atoms with Crippen LogP contribution in [0.3, 0.4) is 0 Å². The van der Waals surface area contributed by atoms with Crippen molar-refractivity contribution >= 4 is 12.2 Å². The number of rotatable bonds is 8. The number of carboxylic acid groups (broad SMARTS) is 1. The van der Waals surface area contributed by atoms with Crippen LogP contribution in [0.2, 0.25) is 0 Å². The number of carboxylic acids is 1. The summed E-state index contributed by atoms with van der Waals surface area (Å²) in [5.74, 6) is -1.30. The first-order valence-corrected chi connectivity index (χ1v) is 8.15. The van der Waals surface area contributed by atoms with E-state index in [4.69, 9.17) is 5.11 Å². The second-order valence-corrected chi connectivity index (χ2v) is 5.84. The second-order valence-electron chi connectivity index (χ2n) is 5.84. The molecule has 7 N–H and O–H groups in total. The number of aromatic carboxylic acids is 1. The van der Waals surface area contributed by atoms with E-state index in [0.29, 0.717) is 22.3 Å². The number of aliphatic imine (C=N–C) groups is 1. The smallest absolute Gasteiger partial charge is 0.352 e. The minimum atomic E-state index is -1.30. The molecule has 1 unspecified atom stereocenters. The van der Waals surface area contributed by atoms with Gasteiger partial charge in [-0.2, -0.15) is 0 Å². The highest BCUT2D eigenvalue weighted by atomic mass is 16.4. The second kappa shape index (κ2) is 8.89. The molecule has 0 saturated carbocycles. The summed E-state index contributed by atoms with van der Waals surface area (Å²) in [4.78, 5) is 18.0. The van der Waals surface area contributed by atoms with E-state index >= 15 is 0 Å². The zero-order chi connectivity index (χ0) is 20.1. The van der Waals surface area contributed by atoms with E-state index < -0.39 is 32.0 Å². The first-order valence-electron chi connectivity index (χ1n) is 8.15. The van der Waals surface area contributed by atoms with E-state index in [9.17, 15) is 30.3 Å². The molecule has 0 fully saturated rings. The van der Waals surface area contributed by atoms with Crippen molar-refractivity contribution in [2.45, 2.75) is 32.8 Å². The highest BCUT2D eigenvalue weighted by Crippen LogP contribution is 2.38. The predicted octanol–water partition coefficient (Wildman–Crippen LogP) is 0.279. The molecule has 146 valence electrons. The molecule has 0 bridgehead atoms. The van der Waals surface area contributed by atoms with Gasteiger partial charge >= 0.3 is 5.97 Å². The van der Waals surface area contributed by atoms with Crippen molar-refractivity contribution in [3.63, 3.8) is 0 Å². The monoisotopic (exact) mass is 378 g/mol. The van der Waals surface area contributed by atoms with Crippen molar-refractivity contribution in [3.05, 3.63) is 45.8 Å². The largest absolute Gasteiger partial charge is 0.477 e. The molecule has 1 atom stereocenters. The van der Waals surface area contributed by atoms with E-state index in [0.717, 1.165) is 0 Å². The third-order valence-electron chi connectivity index (χ3n) is 4.29. The number of aliphatic hydroxyl groups is 5. The number of benzene rings is 1. The SMILES string of the molecule is CC(O)c1c(C(=O)O)[nH]c(C=NCO)c1-c1ccc(CO)c(CO)c1CO. The van der Waals surface area contributed by atoms with Gasteiger partial charge in [0.1, 0.15) is 12.4 Å². The Hall–Kier alpha value is -2.56. The fourth-order valence-corrected chi connectivity index (χ4v) is 3.14. The third kappa shape index (κ3) is 3.92. The first-order chi connectivity index (χ1) is 12.9. The van der Waals surface area contributed by atoms with Crippen LogP contribution in [-0.2, 0) is 19.8 Å². The first kappa shape index (κ1) is 20.7. The summed E-state index contributed by atoms with van der Waals surface area (Å²) in [5.41, 5.74) is 1.73. The highest BCUT2D eigenvalue weighted by Gasteiger charge is 2.27. The van der Waals surface area contributed by atoms with E-state index in [-0.39, 0.29) is 29.1 Å². The minimum absolute atomic E-state index is 0.0808. The molecule has 0 spiro atoms. The lowest BCUT2D eigenvalue weighted by Gasteiger charge is -2.17. The van der Waals surface area contributed by atoms with Crippen molar-refractivity contribution in [1.29, 1.82) is 0 Å². The fourth-order valence-electron chi connectivity index (χ4n) is 3.14. The van der Waals surface area contributed by atoms with Crippen LogP contribution >= 0.6 is 0 Å². The highest BCUT2D eigenvalue weighted by molar-refractivity contribution is 5.98. The number of hydrogen-bond donors (Lipinski definition) is 7. The van der Waals surface area contributed by atoms with Gasteiger partial charge in [-0.25, -0.2) is 4.79 Å². The van der Waals surface area contributed by atoms with Crippen LogP contribution in [0.4, 0.5) is 0 Å². The summed E-state index contributed by atoms with van der Waals surface area (Å²) in [7, 11) is 0. The molecular formula is C18H22N2O7. The number of aliphatic hydroxyl groups excluding tert-OH is 5. The van der Waals surface area contributed by atoms with E-state index in [1.807, 2.05) is 0 Å². The average Bonchev–Trinajstić information content (AvgIpc) is 3.04. The van der Waals surface area contributed by atoms with Gasteiger partial charge in [-0.1, -0.05) is 12.1 Å². The number of carbonyl (C=O) groups is 1. The number of nitrogens with zero attached hydrogens (tertiary/aromatic N) is 1. The maximum absolute atomic E-state index is 11.6. The molecule has 0 radical (unpaired) electrons. The maximum Gasteiger partial charge on any atom is 0.352 e. The van der Waals surface area contributed by atoms with Gasteiger partial charge in [0.2, 0.25) is 0 Å². The third-order valence-corrected chi connectivity index (χ3v) is 4.29. The van der Waals surface area contributed by atoms with Gasteiger partial charge in [0, 0.05) is 17.3 Å². The standard InChI is InChI=1S/C18H22N2O7/c1-9(25)15-16(14(4-19-8-24)20-17(15)18(26)27)11-3-2-10(5-21)12(6-22)13(11)7-23/h2-4,9,20-25H,5-8H2,1H3,(H,26,27). The van der Waals surface area contributed by atoms with Gasteiger partial charge < -0.3 is 35.6 Å². The Morgan fingerprint density at radius 2 is 1.81 bits per heavy atom. The van der Waals surface area contributed by atoms with Gasteiger partial charge in [-0.3, -0.25) is 4.99 Å². The number of H-pyrrole nitrogens is 1. The topological polar surface area (TPSA) is 167 Å². The molecule has 0 saturated heterocycles. The molecule has 9 heteroatoms. The predicted molar refractivity (Wildman–Crippen MR) is 96.3 cm³/mol. The molecule has 0 aliphatic heterocycles. The van der Waals surface area contributed by atoms with Gasteiger partial charge in [0.25, 0.3) is 0 Å². The molecule has 2 aromatic rings. The van der Waals surface area contributed by atoms with Gasteiger partial charge in [0.05, 0.1) is 31.6 Å². The van der Waals surface area contributed by atoms with Crippen LogP contribution in [0.15, 0.2) is 17.1 Å². The average molecular weight is 378 g/mol. The number of hydrogen-bond acceptors (Lipinski definition) is 7. The summed E-state index contributed by atoms with van der Waals surface area (Å²) in [6.07, 6.45) is 0.0631. The summed E-state index contributed by atoms with van der Waals surface area (Å²) < 4.78 is 0. The lowest BCUT2D eigenvalue weighted by Crippen LogP contribution is -2.07. The molecule has 1 aromatic carbocycles. The Morgan fingerprint density at radius 1 is 1.15 bits per heavy atom. The van der Waals surface area contributed by atoms with Gasteiger partial charge in [-0.15, -0.1) is 0 Å². The van der Waals surface area contributed by atoms with Crippen molar-refractivity contribution in [2.24, 2.45) is 4.99 Å². The minimum Gasteiger partial charge on any atom is -0.477 e. The van der Waals surface area contributed by atoms with Crippen molar-refractivity contribution in [2.75, 3.05) is 6.73 Å². The normalized spacial score (nSPS) is 12.7. The Balaban J connectivity index is 2.92. The molecule has 0 aliphatic carbocycles. The summed E-state index contributed by atoms with van der Waals surface area (Å²) in [6, 6.07) is 3.11. The van der Waals surface area contributed by atoms with Crippen LogP contribution in [0, 0.1) is 0 Å². The molecule has 0 amide bonds. The van der Waals surface area contributed by atoms with Crippen molar-refractivity contribution < 1.29 is 35.4 Å². The zero-order valence-corrected chi connectivity index (χ0v) is 14.7. The molecule has 9 nitrogen and oxygen atoms in total. The number of aromatic nitrogens is 1. The van der Waals surface area contributed by atoms with Gasteiger partial charge in [0.15, 0.2) is 0 Å². The van der Waals surface area contributed by atoms with Crippen LogP contribution in [0.1, 0.15) is 51.5 Å². The van der Waals surface area contributed by atoms with Crippen molar-refractivity contribution in [3.8, 4) is 11.1 Å². The lowest BCUT2D eigenvalue weighted by molar-refractivity contribution is 0.0684. The molecule has 1 heterocycles. The molecular weight excluding hydrogens is 356 g/mol. The quantitative estimate of drug-likeness (QED) is 0.324. The lowest BCUT2D eigenvalue weighted by atomic mass is 9.89. The van der Waals surface area contributed by atoms with Crippen LogP contribution in [-0.4, -0.2) is 54.5 Å². The Kier molecular flexibility index (Phi) is 6.83. The fraction of sp³-hybridized carbons (Fsp3) is 0.333. The zero-order valence-electron chi connectivity index (χ0n) is 14.7. The Labute approximate surface area is 154 Å². The van der Waals surface area contributed by atoms with Crippen LogP contribution in [0.5, 0.6) is 0 Å². The Morgan fingerprint density at radius 3 is 2.30 bits per heavy atom. The van der Waals surface area contributed by atoms with Gasteiger partial charge in [-0.05, 0) is 29.2 Å². The molecule has 1 aromatic heterocycles.